The second-order valence-electron chi connectivity index (χ2n) is 6.40. The van der Waals surface area contributed by atoms with E-state index in [1.165, 1.54) is 6.42 Å². The van der Waals surface area contributed by atoms with E-state index in [1.807, 2.05) is 0 Å². The van der Waals surface area contributed by atoms with E-state index in [2.05, 4.69) is 32.1 Å². The Morgan fingerprint density at radius 3 is 2.78 bits per heavy atom. The lowest BCUT2D eigenvalue weighted by Crippen LogP contribution is -2.41. The van der Waals surface area contributed by atoms with Crippen LogP contribution in [0.2, 0.25) is 0 Å². The minimum absolute atomic E-state index is 0.250. The molecule has 2 N–H and O–H groups in total. The summed E-state index contributed by atoms with van der Waals surface area (Å²) in [5, 5.41) is 8.76. The lowest BCUT2D eigenvalue weighted by atomic mass is 9.93. The number of aromatic nitrogens is 2. The highest BCUT2D eigenvalue weighted by molar-refractivity contribution is 5.75. The summed E-state index contributed by atoms with van der Waals surface area (Å²) in [5.41, 5.74) is 6.31. The van der Waals surface area contributed by atoms with Crippen molar-refractivity contribution in [2.24, 2.45) is 11.7 Å². The van der Waals surface area contributed by atoms with Gasteiger partial charge in [0.15, 0.2) is 5.82 Å². The average molecular weight is 319 g/mol. The van der Waals surface area contributed by atoms with Crippen molar-refractivity contribution < 1.29 is 9.53 Å². The number of nitrogens with zero attached hydrogens (tertiary/aromatic N) is 4. The average Bonchev–Trinajstić information content (AvgIpc) is 2.56. The van der Waals surface area contributed by atoms with Gasteiger partial charge in [0, 0.05) is 19.6 Å². The number of hydrogen-bond donors (Lipinski definition) is 1. The number of ether oxygens (including phenoxy) is 1. The van der Waals surface area contributed by atoms with Gasteiger partial charge < -0.3 is 15.4 Å². The van der Waals surface area contributed by atoms with E-state index >= 15 is 0 Å². The molecule has 0 radical (unpaired) electrons. The Hall–Kier alpha value is -1.73. The van der Waals surface area contributed by atoms with E-state index in [0.29, 0.717) is 12.5 Å². The van der Waals surface area contributed by atoms with Crippen LogP contribution in [0.15, 0.2) is 12.1 Å². The summed E-state index contributed by atoms with van der Waals surface area (Å²) in [4.78, 5) is 15.4. The van der Waals surface area contributed by atoms with Crippen LogP contribution in [-0.4, -0.2) is 66.9 Å². The summed E-state index contributed by atoms with van der Waals surface area (Å²) in [6, 6.07) is 4.13. The van der Waals surface area contributed by atoms with Crippen LogP contribution < -0.4 is 10.6 Å². The number of carbonyl (C=O) groups excluding carboxylic acids is 1. The fraction of sp³-hybridized carbons (Fsp3) is 0.688. The minimum Gasteiger partial charge on any atom is -0.378 e. The number of anilines is 1. The zero-order chi connectivity index (χ0) is 16.1. The summed E-state index contributed by atoms with van der Waals surface area (Å²) >= 11 is 0. The minimum atomic E-state index is -0.250. The van der Waals surface area contributed by atoms with Gasteiger partial charge >= 0.3 is 0 Å². The second kappa shape index (κ2) is 7.70. The predicted molar refractivity (Wildman–Crippen MR) is 87.1 cm³/mol. The summed E-state index contributed by atoms with van der Waals surface area (Å²) in [5.74, 6) is 1.20. The largest absolute Gasteiger partial charge is 0.378 e. The molecular formula is C16H25N5O2. The molecule has 2 fully saturated rings. The summed E-state index contributed by atoms with van der Waals surface area (Å²) < 4.78 is 5.36. The first-order valence-electron chi connectivity index (χ1n) is 8.36. The van der Waals surface area contributed by atoms with E-state index in [9.17, 15) is 4.79 Å². The van der Waals surface area contributed by atoms with Gasteiger partial charge in [-0.15, -0.1) is 5.10 Å². The molecule has 1 unspecified atom stereocenters. The van der Waals surface area contributed by atoms with Crippen LogP contribution in [0.3, 0.4) is 0 Å². The van der Waals surface area contributed by atoms with Crippen molar-refractivity contribution in [2.75, 3.05) is 50.8 Å². The number of rotatable bonds is 5. The molecule has 2 aliphatic rings. The molecule has 2 saturated heterocycles. The Morgan fingerprint density at radius 1 is 1.26 bits per heavy atom. The fourth-order valence-corrected chi connectivity index (χ4v) is 3.40. The van der Waals surface area contributed by atoms with Crippen LogP contribution in [0.25, 0.3) is 0 Å². The fourth-order valence-electron chi connectivity index (χ4n) is 3.40. The van der Waals surface area contributed by atoms with Crippen molar-refractivity contribution in [3.8, 4) is 0 Å². The highest BCUT2D eigenvalue weighted by Gasteiger charge is 2.22. The maximum Gasteiger partial charge on any atom is 0.231 e. The van der Waals surface area contributed by atoms with Gasteiger partial charge in [-0.3, -0.25) is 9.69 Å². The van der Waals surface area contributed by atoms with Crippen LogP contribution >= 0.6 is 0 Å². The topological polar surface area (TPSA) is 84.6 Å². The third-order valence-corrected chi connectivity index (χ3v) is 4.52. The van der Waals surface area contributed by atoms with E-state index in [-0.39, 0.29) is 5.91 Å². The molecule has 1 atom stereocenters. The van der Waals surface area contributed by atoms with Gasteiger partial charge in [0.2, 0.25) is 5.91 Å². The normalized spacial score (nSPS) is 23.0. The van der Waals surface area contributed by atoms with Gasteiger partial charge in [-0.2, -0.15) is 5.10 Å². The highest BCUT2D eigenvalue weighted by atomic mass is 16.5. The molecule has 23 heavy (non-hydrogen) atoms. The quantitative estimate of drug-likeness (QED) is 0.826. The number of morpholine rings is 1. The zero-order valence-electron chi connectivity index (χ0n) is 13.5. The molecule has 0 saturated carbocycles. The summed E-state index contributed by atoms with van der Waals surface area (Å²) in [7, 11) is 0. The van der Waals surface area contributed by atoms with Gasteiger partial charge in [-0.1, -0.05) is 0 Å². The molecule has 7 nitrogen and oxygen atoms in total. The molecule has 7 heteroatoms. The van der Waals surface area contributed by atoms with Gasteiger partial charge in [-0.05, 0) is 43.9 Å². The highest BCUT2D eigenvalue weighted by Crippen LogP contribution is 2.20. The third-order valence-electron chi connectivity index (χ3n) is 4.52. The molecule has 3 heterocycles. The maximum atomic E-state index is 11.1. The van der Waals surface area contributed by atoms with E-state index < -0.39 is 0 Å². The Kier molecular flexibility index (Phi) is 5.40. The molecule has 0 aromatic carbocycles. The lowest BCUT2D eigenvalue weighted by molar-refractivity contribution is -0.119. The molecule has 126 valence electrons. The number of likely N-dealkylation sites (tertiary alicyclic amines) is 1. The van der Waals surface area contributed by atoms with Gasteiger partial charge in [0.1, 0.15) is 0 Å². The van der Waals surface area contributed by atoms with Crippen molar-refractivity contribution in [1.29, 1.82) is 0 Å². The van der Waals surface area contributed by atoms with Crippen LogP contribution in [0.5, 0.6) is 0 Å². The number of primary amides is 1. The maximum absolute atomic E-state index is 11.1. The Bertz CT molecular complexity index is 516. The molecule has 3 rings (SSSR count). The van der Waals surface area contributed by atoms with Crippen molar-refractivity contribution in [3.05, 3.63) is 17.8 Å². The van der Waals surface area contributed by atoms with Gasteiger partial charge in [0.05, 0.1) is 25.5 Å². The Labute approximate surface area is 136 Å². The Morgan fingerprint density at radius 2 is 2.09 bits per heavy atom. The predicted octanol–water partition coefficient (Wildman–Crippen LogP) is 0.0530. The molecule has 1 aromatic rings. The summed E-state index contributed by atoms with van der Waals surface area (Å²) in [6.07, 6.45) is 3.19. The second-order valence-corrected chi connectivity index (χ2v) is 6.40. The molecule has 0 aliphatic carbocycles. The number of nitrogens with two attached hydrogens (primary N) is 1. The zero-order valence-corrected chi connectivity index (χ0v) is 13.5. The van der Waals surface area contributed by atoms with E-state index in [4.69, 9.17) is 10.5 Å². The van der Waals surface area contributed by atoms with Crippen molar-refractivity contribution >= 4 is 11.7 Å². The first kappa shape index (κ1) is 16.1. The molecule has 0 bridgehead atoms. The smallest absolute Gasteiger partial charge is 0.231 e. The van der Waals surface area contributed by atoms with Crippen molar-refractivity contribution in [2.45, 2.75) is 19.3 Å². The lowest BCUT2D eigenvalue weighted by Gasteiger charge is -2.31. The monoisotopic (exact) mass is 319 g/mol. The number of carbonyl (C=O) groups is 1. The molecule has 2 aliphatic heterocycles. The SMILES string of the molecule is NC(=O)CN1CCCC(Cc2ccc(N3CCOCC3)nn2)C1. The summed E-state index contributed by atoms with van der Waals surface area (Å²) in [6.45, 7) is 5.48. The van der Waals surface area contributed by atoms with E-state index in [1.54, 1.807) is 0 Å². The number of hydrogen-bond acceptors (Lipinski definition) is 6. The van der Waals surface area contributed by atoms with Crippen LogP contribution in [0.1, 0.15) is 18.5 Å². The third kappa shape index (κ3) is 4.62. The molecule has 1 amide bonds. The van der Waals surface area contributed by atoms with Crippen molar-refractivity contribution in [3.63, 3.8) is 0 Å². The standard InChI is InChI=1S/C16H25N5O2/c17-15(22)12-20-5-1-2-13(11-20)10-14-3-4-16(19-18-14)21-6-8-23-9-7-21/h3-4,13H,1-2,5-12H2,(H2,17,22). The molecule has 0 spiro atoms. The van der Waals surface area contributed by atoms with Crippen molar-refractivity contribution in [1.82, 2.24) is 15.1 Å². The van der Waals surface area contributed by atoms with Crippen LogP contribution in [0.4, 0.5) is 5.82 Å². The first-order chi connectivity index (χ1) is 11.2. The van der Waals surface area contributed by atoms with E-state index in [0.717, 1.165) is 63.7 Å². The first-order valence-corrected chi connectivity index (χ1v) is 8.36. The molecule has 1 aromatic heterocycles. The van der Waals surface area contributed by atoms with Gasteiger partial charge in [0.25, 0.3) is 0 Å². The van der Waals surface area contributed by atoms with Gasteiger partial charge in [-0.25, -0.2) is 0 Å². The molecular weight excluding hydrogens is 294 g/mol. The van der Waals surface area contributed by atoms with Crippen LogP contribution in [-0.2, 0) is 16.0 Å². The van der Waals surface area contributed by atoms with Crippen LogP contribution in [0, 0.1) is 5.92 Å². The Balaban J connectivity index is 1.54. The number of amides is 1. The number of piperidine rings is 1.